The molecule has 0 bridgehead atoms. The lowest BCUT2D eigenvalue weighted by Gasteiger charge is -2.17. The molecule has 1 atom stereocenters. The molecule has 36 heavy (non-hydrogen) atoms. The second kappa shape index (κ2) is 8.87. The normalized spacial score (nSPS) is 15.3. The first-order valence-corrected chi connectivity index (χ1v) is 11.7. The molecule has 1 N–H and O–H groups in total. The van der Waals surface area contributed by atoms with Crippen LogP contribution < -0.4 is 5.32 Å². The number of ether oxygens (including phenoxy) is 1. The van der Waals surface area contributed by atoms with Gasteiger partial charge in [-0.1, -0.05) is 0 Å². The second-order valence-corrected chi connectivity index (χ2v) is 8.78. The Kier molecular flexibility index (Phi) is 5.39. The Bertz CT molecular complexity index is 1610. The van der Waals surface area contributed by atoms with E-state index in [9.17, 15) is 5.26 Å². The van der Waals surface area contributed by atoms with E-state index in [0.29, 0.717) is 23.1 Å². The van der Waals surface area contributed by atoms with E-state index in [0.717, 1.165) is 53.1 Å². The van der Waals surface area contributed by atoms with Crippen LogP contribution in [0.1, 0.15) is 41.6 Å². The van der Waals surface area contributed by atoms with Gasteiger partial charge >= 0.3 is 0 Å². The van der Waals surface area contributed by atoms with Gasteiger partial charge < -0.3 is 10.1 Å². The van der Waals surface area contributed by atoms with Gasteiger partial charge in [0.2, 0.25) is 0 Å². The minimum atomic E-state index is -0.0540. The highest BCUT2D eigenvalue weighted by atomic mass is 16.5. The van der Waals surface area contributed by atoms with Crippen LogP contribution in [0.3, 0.4) is 0 Å². The smallest absolute Gasteiger partial charge is 0.163 e. The van der Waals surface area contributed by atoms with Gasteiger partial charge in [-0.15, -0.1) is 5.10 Å². The summed E-state index contributed by atoms with van der Waals surface area (Å²) in [4.78, 5) is 9.57. The highest BCUT2D eigenvalue weighted by Crippen LogP contribution is 2.33. The Hall–Kier alpha value is -4.62. The van der Waals surface area contributed by atoms with Gasteiger partial charge in [0.1, 0.15) is 18.2 Å². The number of pyridine rings is 1. The summed E-state index contributed by atoms with van der Waals surface area (Å²) in [5.41, 5.74) is 5.58. The molecule has 1 aliphatic rings. The van der Waals surface area contributed by atoms with Gasteiger partial charge in [-0.25, -0.2) is 14.6 Å². The van der Waals surface area contributed by atoms with E-state index in [4.69, 9.17) is 9.72 Å². The Balaban J connectivity index is 1.44. The fraction of sp³-hybridized carbons (Fsp3) is 0.231. The first-order valence-electron chi connectivity index (χ1n) is 11.7. The van der Waals surface area contributed by atoms with Gasteiger partial charge in [-0.3, -0.25) is 4.57 Å². The molecule has 1 aromatic carbocycles. The number of nitrogens with one attached hydrogen (secondary N) is 1. The summed E-state index contributed by atoms with van der Waals surface area (Å²) in [6, 6.07) is 17.6. The molecule has 0 spiro atoms. The summed E-state index contributed by atoms with van der Waals surface area (Å²) in [6.45, 7) is 4.54. The lowest BCUT2D eigenvalue weighted by Crippen LogP contribution is -2.11. The number of rotatable bonds is 5. The van der Waals surface area contributed by atoms with Gasteiger partial charge in [0, 0.05) is 23.6 Å². The molecule has 0 aliphatic carbocycles. The fourth-order valence-electron chi connectivity index (χ4n) is 4.45. The number of hydrogen-bond donors (Lipinski definition) is 1. The van der Waals surface area contributed by atoms with Gasteiger partial charge in [-0.2, -0.15) is 15.5 Å². The molecule has 0 saturated carbocycles. The first kappa shape index (κ1) is 21.9. The van der Waals surface area contributed by atoms with Crippen molar-refractivity contribution in [3.05, 3.63) is 77.5 Å². The minimum absolute atomic E-state index is 0.0540. The molecule has 6 rings (SSSR count). The Labute approximate surface area is 207 Å². The molecule has 178 valence electrons. The molecular weight excluding hydrogens is 454 g/mol. The molecule has 0 amide bonds. The summed E-state index contributed by atoms with van der Waals surface area (Å²) < 4.78 is 9.63. The Morgan fingerprint density at radius 3 is 2.75 bits per heavy atom. The molecule has 4 aromatic heterocycles. The van der Waals surface area contributed by atoms with Gasteiger partial charge in [-0.05, 0) is 75.2 Å². The lowest BCUT2D eigenvalue weighted by atomic mass is 10.1. The number of fused-ring (bicyclic) bond motifs is 1. The van der Waals surface area contributed by atoms with E-state index in [2.05, 4.69) is 31.7 Å². The number of anilines is 2. The van der Waals surface area contributed by atoms with Crippen molar-refractivity contribution in [1.29, 1.82) is 5.26 Å². The number of aromatic nitrogens is 7. The molecule has 0 radical (unpaired) electrons. The zero-order chi connectivity index (χ0) is 24.6. The molecule has 10 heteroatoms. The SMILES string of the molecule is Cc1ccc(Nc2ccc3ncn(-c4ccc(C5CCCO5)c(-n5nc(C#N)cc5C)n4)c3c2)nn1. The fourth-order valence-corrected chi connectivity index (χ4v) is 4.45. The van der Waals surface area contributed by atoms with Gasteiger partial charge in [0.25, 0.3) is 0 Å². The van der Waals surface area contributed by atoms with E-state index < -0.39 is 0 Å². The Morgan fingerprint density at radius 1 is 1.08 bits per heavy atom. The summed E-state index contributed by atoms with van der Waals surface area (Å²) in [7, 11) is 0. The van der Waals surface area contributed by atoms with Crippen LogP contribution in [0.2, 0.25) is 0 Å². The average Bonchev–Trinajstić information content (AvgIpc) is 3.65. The maximum absolute atomic E-state index is 9.37. The van der Waals surface area contributed by atoms with Crippen molar-refractivity contribution in [2.75, 3.05) is 11.9 Å². The van der Waals surface area contributed by atoms with Crippen LogP contribution in [0.5, 0.6) is 0 Å². The van der Waals surface area contributed by atoms with Crippen LogP contribution in [0.15, 0.2) is 54.9 Å². The van der Waals surface area contributed by atoms with Gasteiger partial charge in [0.05, 0.1) is 22.8 Å². The highest BCUT2D eigenvalue weighted by Gasteiger charge is 2.24. The van der Waals surface area contributed by atoms with Crippen molar-refractivity contribution in [3.8, 4) is 17.7 Å². The maximum atomic E-state index is 9.37. The molecule has 10 nitrogen and oxygen atoms in total. The molecule has 1 saturated heterocycles. The molecule has 1 fully saturated rings. The predicted molar refractivity (Wildman–Crippen MR) is 133 cm³/mol. The number of imidazole rings is 1. The van der Waals surface area contributed by atoms with Crippen LogP contribution in [0.25, 0.3) is 22.7 Å². The van der Waals surface area contributed by atoms with Crippen molar-refractivity contribution in [2.45, 2.75) is 32.8 Å². The number of hydrogen-bond acceptors (Lipinski definition) is 8. The zero-order valence-electron chi connectivity index (χ0n) is 19.9. The number of nitrogens with zero attached hydrogens (tertiary/aromatic N) is 8. The third-order valence-electron chi connectivity index (χ3n) is 6.23. The number of aryl methyl sites for hydroxylation is 2. The van der Waals surface area contributed by atoms with E-state index >= 15 is 0 Å². The minimum Gasteiger partial charge on any atom is -0.373 e. The quantitative estimate of drug-likeness (QED) is 0.393. The summed E-state index contributed by atoms with van der Waals surface area (Å²) in [5, 5.41) is 25.4. The van der Waals surface area contributed by atoms with Crippen LogP contribution in [0.4, 0.5) is 11.5 Å². The summed E-state index contributed by atoms with van der Waals surface area (Å²) in [5.74, 6) is 2.01. The number of benzene rings is 1. The van der Waals surface area contributed by atoms with E-state index in [1.165, 1.54) is 0 Å². The molecular formula is C26H23N9O. The van der Waals surface area contributed by atoms with Crippen molar-refractivity contribution < 1.29 is 4.74 Å². The largest absolute Gasteiger partial charge is 0.373 e. The van der Waals surface area contributed by atoms with E-state index in [1.807, 2.05) is 60.9 Å². The highest BCUT2D eigenvalue weighted by molar-refractivity contribution is 5.82. The number of nitriles is 1. The third-order valence-corrected chi connectivity index (χ3v) is 6.23. The topological polar surface area (TPSA) is 119 Å². The molecule has 1 aliphatic heterocycles. The third kappa shape index (κ3) is 3.95. The van der Waals surface area contributed by atoms with Gasteiger partial charge in [0.15, 0.2) is 17.3 Å². The summed E-state index contributed by atoms with van der Waals surface area (Å²) in [6.07, 6.45) is 3.63. The van der Waals surface area contributed by atoms with Crippen molar-refractivity contribution >= 4 is 22.5 Å². The molecule has 1 unspecified atom stereocenters. The summed E-state index contributed by atoms with van der Waals surface area (Å²) >= 11 is 0. The van der Waals surface area contributed by atoms with Crippen LogP contribution in [-0.4, -0.2) is 41.1 Å². The van der Waals surface area contributed by atoms with Crippen molar-refractivity contribution in [1.82, 2.24) is 34.5 Å². The Morgan fingerprint density at radius 2 is 2.00 bits per heavy atom. The van der Waals surface area contributed by atoms with E-state index in [-0.39, 0.29) is 6.10 Å². The van der Waals surface area contributed by atoms with Crippen LogP contribution in [-0.2, 0) is 4.74 Å². The predicted octanol–water partition coefficient (Wildman–Crippen LogP) is 4.48. The standard InChI is InChI=1S/C26H23N9O/c1-16-5-9-24(32-31-16)29-18-6-8-21-22(13-18)34(15-28-21)25-10-7-20(23-4-3-11-36-23)26(30-25)35-17(2)12-19(14-27)33-35/h5-10,12-13,15,23H,3-4,11H2,1-2H3,(H,29,32). The van der Waals surface area contributed by atoms with Crippen molar-refractivity contribution in [3.63, 3.8) is 0 Å². The lowest BCUT2D eigenvalue weighted by molar-refractivity contribution is 0.111. The average molecular weight is 478 g/mol. The van der Waals surface area contributed by atoms with Crippen LogP contribution in [0, 0.1) is 25.2 Å². The molecule has 5 heterocycles. The second-order valence-electron chi connectivity index (χ2n) is 8.78. The molecule has 5 aromatic rings. The maximum Gasteiger partial charge on any atom is 0.163 e. The van der Waals surface area contributed by atoms with Crippen molar-refractivity contribution in [2.24, 2.45) is 0 Å². The van der Waals surface area contributed by atoms with E-state index in [1.54, 1.807) is 17.1 Å². The zero-order valence-corrected chi connectivity index (χ0v) is 19.9. The first-order chi connectivity index (χ1) is 17.6. The van der Waals surface area contributed by atoms with Crippen LogP contribution >= 0.6 is 0 Å². The monoisotopic (exact) mass is 477 g/mol.